The smallest absolute Gasteiger partial charge is 0.203 e. The second-order valence-corrected chi connectivity index (χ2v) is 6.03. The minimum atomic E-state index is -0.225. The first-order valence-corrected chi connectivity index (χ1v) is 9.16. The van der Waals surface area contributed by atoms with Gasteiger partial charge in [-0.25, -0.2) is 9.38 Å². The number of hydrogen-bond acceptors (Lipinski definition) is 4. The Kier molecular flexibility index (Phi) is 8.39. The molecule has 152 valence electrons. The molecule has 0 saturated heterocycles. The fourth-order valence-electron chi connectivity index (χ4n) is 2.72. The van der Waals surface area contributed by atoms with E-state index in [1.165, 1.54) is 12.1 Å². The van der Waals surface area contributed by atoms with E-state index in [0.717, 1.165) is 24.1 Å². The Morgan fingerprint density at radius 2 is 1.57 bits per heavy atom. The van der Waals surface area contributed by atoms with Crippen LogP contribution in [0.3, 0.4) is 0 Å². The average molecular weight is 389 g/mol. The molecule has 0 aliphatic rings. The third kappa shape index (κ3) is 6.04. The van der Waals surface area contributed by atoms with E-state index in [-0.39, 0.29) is 5.82 Å². The number of aliphatic imine (C=N–C) groups is 1. The van der Waals surface area contributed by atoms with Crippen LogP contribution in [0.5, 0.6) is 17.2 Å². The van der Waals surface area contributed by atoms with E-state index in [1.54, 1.807) is 33.5 Å². The monoisotopic (exact) mass is 389 g/mol. The summed E-state index contributed by atoms with van der Waals surface area (Å²) in [5, 5.41) is 6.51. The highest BCUT2D eigenvalue weighted by Gasteiger charge is 2.13. The molecule has 2 N–H and O–H groups in total. The molecule has 28 heavy (non-hydrogen) atoms. The maximum Gasteiger partial charge on any atom is 0.203 e. The van der Waals surface area contributed by atoms with Crippen molar-refractivity contribution in [3.8, 4) is 17.2 Å². The van der Waals surface area contributed by atoms with Crippen LogP contribution in [0.15, 0.2) is 41.4 Å². The minimum Gasteiger partial charge on any atom is -0.493 e. The van der Waals surface area contributed by atoms with Crippen LogP contribution in [0.4, 0.5) is 4.39 Å². The lowest BCUT2D eigenvalue weighted by molar-refractivity contribution is 0.324. The van der Waals surface area contributed by atoms with Crippen molar-refractivity contribution in [3.05, 3.63) is 53.3 Å². The second-order valence-electron chi connectivity index (χ2n) is 6.03. The predicted octanol–water partition coefficient (Wildman–Crippen LogP) is 3.15. The van der Waals surface area contributed by atoms with Gasteiger partial charge in [-0.2, -0.15) is 0 Å². The van der Waals surface area contributed by atoms with Gasteiger partial charge in [0.1, 0.15) is 5.82 Å². The van der Waals surface area contributed by atoms with E-state index in [1.807, 2.05) is 19.1 Å². The van der Waals surface area contributed by atoms with Crippen LogP contribution in [0, 0.1) is 5.82 Å². The molecule has 0 aliphatic heterocycles. The van der Waals surface area contributed by atoms with Crippen molar-refractivity contribution in [2.45, 2.75) is 19.9 Å². The molecule has 0 unspecified atom stereocenters. The Balaban J connectivity index is 2.04. The van der Waals surface area contributed by atoms with Gasteiger partial charge >= 0.3 is 0 Å². The number of halogens is 1. The fourth-order valence-corrected chi connectivity index (χ4v) is 2.72. The molecule has 0 heterocycles. The third-order valence-corrected chi connectivity index (χ3v) is 4.11. The van der Waals surface area contributed by atoms with Gasteiger partial charge in [-0.05, 0) is 48.7 Å². The van der Waals surface area contributed by atoms with Crippen molar-refractivity contribution in [3.63, 3.8) is 0 Å². The molecular weight excluding hydrogens is 361 g/mol. The highest BCUT2D eigenvalue weighted by molar-refractivity contribution is 5.79. The molecule has 0 spiro atoms. The molecule has 2 rings (SSSR count). The van der Waals surface area contributed by atoms with Gasteiger partial charge in [0, 0.05) is 13.1 Å². The zero-order chi connectivity index (χ0) is 20.4. The normalized spacial score (nSPS) is 11.1. The van der Waals surface area contributed by atoms with Crippen LogP contribution in [0.1, 0.15) is 18.1 Å². The number of rotatable bonds is 9. The molecule has 0 fully saturated rings. The summed E-state index contributed by atoms with van der Waals surface area (Å²) in [4.78, 5) is 4.62. The number of nitrogens with zero attached hydrogens (tertiary/aromatic N) is 1. The summed E-state index contributed by atoms with van der Waals surface area (Å²) in [6.07, 6.45) is 0.773. The number of methoxy groups -OCH3 is 3. The number of hydrogen-bond donors (Lipinski definition) is 2. The summed E-state index contributed by atoms with van der Waals surface area (Å²) in [5.41, 5.74) is 2.00. The molecule has 0 amide bonds. The van der Waals surface area contributed by atoms with Crippen molar-refractivity contribution in [2.24, 2.45) is 4.99 Å². The van der Waals surface area contributed by atoms with Crippen LogP contribution in [-0.2, 0) is 13.0 Å². The van der Waals surface area contributed by atoms with Crippen LogP contribution in [0.25, 0.3) is 0 Å². The fraction of sp³-hybridized carbons (Fsp3) is 0.381. The van der Waals surface area contributed by atoms with Crippen molar-refractivity contribution in [1.29, 1.82) is 0 Å². The Hall–Kier alpha value is -2.96. The lowest BCUT2D eigenvalue weighted by atomic mass is 10.1. The Morgan fingerprint density at radius 1 is 0.929 bits per heavy atom. The Labute approximate surface area is 165 Å². The van der Waals surface area contributed by atoms with E-state index in [4.69, 9.17) is 14.2 Å². The molecule has 7 heteroatoms. The van der Waals surface area contributed by atoms with E-state index < -0.39 is 0 Å². The zero-order valence-electron chi connectivity index (χ0n) is 16.8. The van der Waals surface area contributed by atoms with Gasteiger partial charge in [-0.1, -0.05) is 12.1 Å². The molecule has 0 saturated carbocycles. The van der Waals surface area contributed by atoms with Gasteiger partial charge in [0.05, 0.1) is 27.9 Å². The van der Waals surface area contributed by atoms with Gasteiger partial charge in [0.2, 0.25) is 5.75 Å². The van der Waals surface area contributed by atoms with Gasteiger partial charge in [0.25, 0.3) is 0 Å². The molecule has 2 aromatic rings. The van der Waals surface area contributed by atoms with Crippen LogP contribution in [0.2, 0.25) is 0 Å². The topological polar surface area (TPSA) is 64.1 Å². The van der Waals surface area contributed by atoms with E-state index in [9.17, 15) is 4.39 Å². The van der Waals surface area contributed by atoms with Gasteiger partial charge in [-0.15, -0.1) is 0 Å². The highest BCUT2D eigenvalue weighted by atomic mass is 19.1. The van der Waals surface area contributed by atoms with Crippen molar-refractivity contribution in [1.82, 2.24) is 10.6 Å². The highest BCUT2D eigenvalue weighted by Crippen LogP contribution is 2.38. The summed E-state index contributed by atoms with van der Waals surface area (Å²) >= 11 is 0. The predicted molar refractivity (Wildman–Crippen MR) is 109 cm³/mol. The first-order valence-electron chi connectivity index (χ1n) is 9.16. The van der Waals surface area contributed by atoms with Crippen molar-refractivity contribution < 1.29 is 18.6 Å². The second kappa shape index (κ2) is 11.0. The first kappa shape index (κ1) is 21.3. The molecule has 0 bridgehead atoms. The summed E-state index contributed by atoms with van der Waals surface area (Å²) in [7, 11) is 4.75. The maximum absolute atomic E-state index is 13.0. The molecule has 0 radical (unpaired) electrons. The number of ether oxygens (including phenoxy) is 3. The summed E-state index contributed by atoms with van der Waals surface area (Å²) in [6, 6.07) is 10.3. The van der Waals surface area contributed by atoms with E-state index >= 15 is 0 Å². The van der Waals surface area contributed by atoms with Crippen LogP contribution < -0.4 is 24.8 Å². The Bertz CT molecular complexity index is 754. The largest absolute Gasteiger partial charge is 0.493 e. The summed E-state index contributed by atoms with van der Waals surface area (Å²) in [6.45, 7) is 3.89. The van der Waals surface area contributed by atoms with E-state index in [0.29, 0.717) is 36.3 Å². The molecular formula is C21H28FN3O3. The summed E-state index contributed by atoms with van der Waals surface area (Å²) in [5.74, 6) is 2.24. The quantitative estimate of drug-likeness (QED) is 0.510. The number of nitrogens with one attached hydrogen (secondary N) is 2. The number of benzene rings is 2. The SMILES string of the molecule is CCNC(=NCc1cc(OC)c(OC)c(OC)c1)NCCc1ccc(F)cc1. The van der Waals surface area contributed by atoms with Gasteiger partial charge < -0.3 is 24.8 Å². The zero-order valence-corrected chi connectivity index (χ0v) is 16.8. The number of guanidine groups is 1. The standard InChI is InChI=1S/C21H28FN3O3/c1-5-23-21(24-11-10-15-6-8-17(22)9-7-15)25-14-16-12-18(26-2)20(28-4)19(13-16)27-3/h6-9,12-13H,5,10-11,14H2,1-4H3,(H2,23,24,25). The molecule has 0 aliphatic carbocycles. The lowest BCUT2D eigenvalue weighted by Gasteiger charge is -2.14. The minimum absolute atomic E-state index is 0.225. The van der Waals surface area contributed by atoms with Crippen LogP contribution in [-0.4, -0.2) is 40.4 Å². The van der Waals surface area contributed by atoms with Gasteiger partial charge in [0.15, 0.2) is 17.5 Å². The molecule has 0 atom stereocenters. The molecule has 0 aromatic heterocycles. The van der Waals surface area contributed by atoms with Crippen molar-refractivity contribution >= 4 is 5.96 Å². The van der Waals surface area contributed by atoms with E-state index in [2.05, 4.69) is 15.6 Å². The maximum atomic E-state index is 13.0. The Morgan fingerprint density at radius 3 is 2.11 bits per heavy atom. The van der Waals surface area contributed by atoms with Crippen LogP contribution >= 0.6 is 0 Å². The summed E-state index contributed by atoms with van der Waals surface area (Å²) < 4.78 is 29.1. The van der Waals surface area contributed by atoms with Gasteiger partial charge in [-0.3, -0.25) is 0 Å². The first-order chi connectivity index (χ1) is 13.6. The third-order valence-electron chi connectivity index (χ3n) is 4.11. The molecule has 6 nitrogen and oxygen atoms in total. The lowest BCUT2D eigenvalue weighted by Crippen LogP contribution is -2.38. The average Bonchev–Trinajstić information content (AvgIpc) is 2.72. The van der Waals surface area contributed by atoms with Crippen molar-refractivity contribution in [2.75, 3.05) is 34.4 Å². The molecule has 2 aromatic carbocycles.